The van der Waals surface area contributed by atoms with E-state index in [1.165, 1.54) is 13.8 Å². The highest BCUT2D eigenvalue weighted by Gasteiger charge is 2.17. The Hall–Kier alpha value is -2.12. The van der Waals surface area contributed by atoms with E-state index in [1.807, 2.05) is 0 Å². The smallest absolute Gasteiger partial charge is 0.239 e. The zero-order valence-electron chi connectivity index (χ0n) is 12.5. The minimum Gasteiger partial charge on any atom is -0.368 e. The summed E-state index contributed by atoms with van der Waals surface area (Å²) >= 11 is 0. The van der Waals surface area contributed by atoms with Crippen molar-refractivity contribution in [3.63, 3.8) is 0 Å². The third-order valence-electron chi connectivity index (χ3n) is 2.70. The van der Waals surface area contributed by atoms with Crippen molar-refractivity contribution in [2.24, 2.45) is 5.73 Å². The number of hydrogen-bond acceptors (Lipinski definition) is 4. The highest BCUT2D eigenvalue weighted by Crippen LogP contribution is 2.01. The van der Waals surface area contributed by atoms with Gasteiger partial charge in [-0.2, -0.15) is 0 Å². The SMILES string of the molecule is CC(=O)NCCCCC(NC(=O)CCNC(C)=O)C(N)=O. The molecule has 0 saturated carbocycles. The lowest BCUT2D eigenvalue weighted by Gasteiger charge is -2.15. The van der Waals surface area contributed by atoms with Crippen LogP contribution in [0.3, 0.4) is 0 Å². The van der Waals surface area contributed by atoms with Crippen LogP contribution in [0.25, 0.3) is 0 Å². The van der Waals surface area contributed by atoms with Gasteiger partial charge in [0.25, 0.3) is 0 Å². The molecule has 8 heteroatoms. The third-order valence-corrected chi connectivity index (χ3v) is 2.70. The van der Waals surface area contributed by atoms with Gasteiger partial charge in [0.1, 0.15) is 6.04 Å². The summed E-state index contributed by atoms with van der Waals surface area (Å²) in [5.74, 6) is -1.25. The van der Waals surface area contributed by atoms with Gasteiger partial charge in [-0.25, -0.2) is 0 Å². The molecule has 0 saturated heterocycles. The molecule has 0 aromatic rings. The largest absolute Gasteiger partial charge is 0.368 e. The maximum Gasteiger partial charge on any atom is 0.239 e. The average Bonchev–Trinajstić information content (AvgIpc) is 2.35. The highest BCUT2D eigenvalue weighted by atomic mass is 16.2. The van der Waals surface area contributed by atoms with E-state index < -0.39 is 11.9 Å². The van der Waals surface area contributed by atoms with Gasteiger partial charge < -0.3 is 21.7 Å². The first kappa shape index (κ1) is 18.9. The van der Waals surface area contributed by atoms with Crippen molar-refractivity contribution < 1.29 is 19.2 Å². The molecule has 5 N–H and O–H groups in total. The van der Waals surface area contributed by atoms with Crippen molar-refractivity contribution in [2.75, 3.05) is 13.1 Å². The summed E-state index contributed by atoms with van der Waals surface area (Å²) in [5, 5.41) is 7.68. The van der Waals surface area contributed by atoms with Crippen LogP contribution in [0, 0.1) is 0 Å². The van der Waals surface area contributed by atoms with Crippen molar-refractivity contribution in [3.05, 3.63) is 0 Å². The van der Waals surface area contributed by atoms with Crippen LogP contribution in [-0.4, -0.2) is 42.8 Å². The van der Waals surface area contributed by atoms with Crippen LogP contribution < -0.4 is 21.7 Å². The quantitative estimate of drug-likeness (QED) is 0.377. The fraction of sp³-hybridized carbons (Fsp3) is 0.692. The molecule has 0 heterocycles. The summed E-state index contributed by atoms with van der Waals surface area (Å²) in [7, 11) is 0. The summed E-state index contributed by atoms with van der Waals surface area (Å²) in [5.41, 5.74) is 5.23. The molecule has 0 radical (unpaired) electrons. The second kappa shape index (κ2) is 10.6. The molecule has 0 spiro atoms. The van der Waals surface area contributed by atoms with E-state index in [1.54, 1.807) is 0 Å². The molecule has 0 rings (SSSR count). The summed E-state index contributed by atoms with van der Waals surface area (Å²) in [6.07, 6.45) is 1.86. The van der Waals surface area contributed by atoms with Gasteiger partial charge in [-0.15, -0.1) is 0 Å². The van der Waals surface area contributed by atoms with Gasteiger partial charge in [-0.1, -0.05) is 0 Å². The first-order chi connectivity index (χ1) is 9.82. The molecular weight excluding hydrogens is 276 g/mol. The van der Waals surface area contributed by atoms with Gasteiger partial charge in [0, 0.05) is 33.4 Å². The Balaban J connectivity index is 3.95. The van der Waals surface area contributed by atoms with E-state index in [2.05, 4.69) is 16.0 Å². The molecule has 21 heavy (non-hydrogen) atoms. The lowest BCUT2D eigenvalue weighted by molar-refractivity contribution is -0.127. The molecule has 8 nitrogen and oxygen atoms in total. The number of amides is 4. The maximum absolute atomic E-state index is 11.6. The Morgan fingerprint density at radius 3 is 2.05 bits per heavy atom. The molecule has 1 unspecified atom stereocenters. The van der Waals surface area contributed by atoms with Gasteiger partial charge in [0.05, 0.1) is 0 Å². The van der Waals surface area contributed by atoms with Crippen LogP contribution in [0.4, 0.5) is 0 Å². The summed E-state index contributed by atoms with van der Waals surface area (Å²) in [6, 6.07) is -0.729. The van der Waals surface area contributed by atoms with Gasteiger partial charge in [0.15, 0.2) is 0 Å². The first-order valence-electron chi connectivity index (χ1n) is 6.90. The molecule has 0 aromatic carbocycles. The summed E-state index contributed by atoms with van der Waals surface area (Å²) in [6.45, 7) is 3.53. The Bertz CT molecular complexity index is 384. The number of nitrogens with one attached hydrogen (secondary N) is 3. The Morgan fingerprint density at radius 1 is 0.952 bits per heavy atom. The second-order valence-electron chi connectivity index (χ2n) is 4.73. The van der Waals surface area contributed by atoms with Crippen LogP contribution in [0.5, 0.6) is 0 Å². The Kier molecular flexibility index (Phi) is 9.57. The van der Waals surface area contributed by atoms with E-state index in [9.17, 15) is 19.2 Å². The van der Waals surface area contributed by atoms with E-state index >= 15 is 0 Å². The van der Waals surface area contributed by atoms with Crippen molar-refractivity contribution in [2.45, 2.75) is 45.6 Å². The number of hydrogen-bond donors (Lipinski definition) is 4. The molecule has 4 amide bonds. The van der Waals surface area contributed by atoms with Crippen molar-refractivity contribution in [3.8, 4) is 0 Å². The Morgan fingerprint density at radius 2 is 1.52 bits per heavy atom. The Labute approximate surface area is 124 Å². The van der Waals surface area contributed by atoms with Crippen molar-refractivity contribution >= 4 is 23.6 Å². The highest BCUT2D eigenvalue weighted by molar-refractivity contribution is 5.86. The van der Waals surface area contributed by atoms with Gasteiger partial charge >= 0.3 is 0 Å². The molecule has 1 atom stereocenters. The molecular formula is C13H24N4O4. The van der Waals surface area contributed by atoms with Crippen LogP contribution in [-0.2, 0) is 19.2 Å². The fourth-order valence-corrected chi connectivity index (χ4v) is 1.64. The van der Waals surface area contributed by atoms with Gasteiger partial charge in [-0.3, -0.25) is 19.2 Å². The van der Waals surface area contributed by atoms with E-state index in [4.69, 9.17) is 5.73 Å². The standard InChI is InChI=1S/C13H24N4O4/c1-9(18)15-7-4-3-5-11(13(14)21)17-12(20)6-8-16-10(2)19/h11H,3-8H2,1-2H3,(H2,14,21)(H,15,18)(H,16,19)(H,17,20). The number of unbranched alkanes of at least 4 members (excludes halogenated alkanes) is 1. The maximum atomic E-state index is 11.6. The number of carbonyl (C=O) groups is 4. The third kappa shape index (κ3) is 11.4. The normalized spacial score (nSPS) is 11.3. The van der Waals surface area contributed by atoms with Gasteiger partial charge in [0.2, 0.25) is 23.6 Å². The topological polar surface area (TPSA) is 130 Å². The number of primary amides is 1. The molecule has 0 aromatic heterocycles. The molecule has 120 valence electrons. The lowest BCUT2D eigenvalue weighted by atomic mass is 10.1. The molecule has 0 aliphatic carbocycles. The van der Waals surface area contributed by atoms with E-state index in [0.717, 1.165) is 0 Å². The van der Waals surface area contributed by atoms with Crippen LogP contribution >= 0.6 is 0 Å². The number of rotatable bonds is 10. The van der Waals surface area contributed by atoms with Crippen molar-refractivity contribution in [1.29, 1.82) is 0 Å². The van der Waals surface area contributed by atoms with Gasteiger partial charge in [-0.05, 0) is 19.3 Å². The van der Waals surface area contributed by atoms with Crippen LogP contribution in [0.2, 0.25) is 0 Å². The lowest BCUT2D eigenvalue weighted by Crippen LogP contribution is -2.45. The average molecular weight is 300 g/mol. The van der Waals surface area contributed by atoms with E-state index in [0.29, 0.717) is 25.8 Å². The van der Waals surface area contributed by atoms with E-state index in [-0.39, 0.29) is 30.7 Å². The molecule has 0 aliphatic heterocycles. The summed E-state index contributed by atoms with van der Waals surface area (Å²) in [4.78, 5) is 44.2. The predicted octanol–water partition coefficient (Wildman–Crippen LogP) is -1.21. The van der Waals surface area contributed by atoms with Crippen LogP contribution in [0.1, 0.15) is 39.5 Å². The van der Waals surface area contributed by atoms with Crippen molar-refractivity contribution in [1.82, 2.24) is 16.0 Å². The first-order valence-corrected chi connectivity index (χ1v) is 6.90. The molecule has 0 fully saturated rings. The number of carbonyl (C=O) groups excluding carboxylic acids is 4. The summed E-state index contributed by atoms with van der Waals surface area (Å²) < 4.78 is 0. The second-order valence-corrected chi connectivity index (χ2v) is 4.73. The zero-order valence-corrected chi connectivity index (χ0v) is 12.5. The number of nitrogens with two attached hydrogens (primary N) is 1. The molecule has 0 bridgehead atoms. The fourth-order valence-electron chi connectivity index (χ4n) is 1.64. The predicted molar refractivity (Wildman–Crippen MR) is 77.0 cm³/mol. The minimum atomic E-state index is -0.729. The minimum absolute atomic E-state index is 0.0925. The molecule has 0 aliphatic rings. The monoisotopic (exact) mass is 300 g/mol. The zero-order chi connectivity index (χ0) is 16.3. The van der Waals surface area contributed by atoms with Crippen LogP contribution in [0.15, 0.2) is 0 Å².